The highest BCUT2D eigenvalue weighted by molar-refractivity contribution is 7.99. The smallest absolute Gasteiger partial charge is 0.255 e. The molecule has 0 aliphatic rings. The molecular weight excluding hydrogens is 406 g/mol. The summed E-state index contributed by atoms with van der Waals surface area (Å²) in [4.78, 5) is 22.1. The minimum Gasteiger partial charge on any atom is -0.322 e. The minimum atomic E-state index is -0.176. The van der Waals surface area contributed by atoms with E-state index in [1.165, 1.54) is 6.33 Å². The van der Waals surface area contributed by atoms with Crippen LogP contribution >= 0.6 is 23.4 Å². The van der Waals surface area contributed by atoms with Gasteiger partial charge in [0.25, 0.3) is 11.7 Å². The van der Waals surface area contributed by atoms with Crippen molar-refractivity contribution < 1.29 is 4.79 Å². The summed E-state index contributed by atoms with van der Waals surface area (Å²) in [6, 6.07) is 14.5. The molecule has 1 amide bonds. The lowest BCUT2D eigenvalue weighted by atomic mass is 10.2. The normalized spacial score (nSPS) is 11.0. The van der Waals surface area contributed by atoms with Crippen molar-refractivity contribution in [2.24, 2.45) is 0 Å². The van der Waals surface area contributed by atoms with Gasteiger partial charge in [0.15, 0.2) is 0 Å². The number of hydrogen-bond donors (Lipinski definition) is 1. The molecule has 0 aliphatic heterocycles. The first-order valence-corrected chi connectivity index (χ1v) is 10.3. The summed E-state index contributed by atoms with van der Waals surface area (Å²) >= 11 is 7.48. The SMILES string of the molecule is CCc1c(C)nc2ncnn2c1Sc1ccc(NC(=O)c2ccc(Cl)cc2)cc1. The Kier molecular flexibility index (Phi) is 5.51. The van der Waals surface area contributed by atoms with Gasteiger partial charge in [-0.3, -0.25) is 4.79 Å². The van der Waals surface area contributed by atoms with E-state index in [0.29, 0.717) is 16.4 Å². The molecule has 146 valence electrons. The highest BCUT2D eigenvalue weighted by atomic mass is 35.5. The highest BCUT2D eigenvalue weighted by Gasteiger charge is 2.14. The largest absolute Gasteiger partial charge is 0.322 e. The summed E-state index contributed by atoms with van der Waals surface area (Å²) in [6.07, 6.45) is 2.37. The number of amides is 1. The van der Waals surface area contributed by atoms with Crippen LogP contribution in [0.4, 0.5) is 5.69 Å². The Labute approximate surface area is 177 Å². The molecule has 0 bridgehead atoms. The van der Waals surface area contributed by atoms with Gasteiger partial charge in [-0.25, -0.2) is 4.98 Å². The topological polar surface area (TPSA) is 72.2 Å². The van der Waals surface area contributed by atoms with E-state index in [1.807, 2.05) is 31.2 Å². The van der Waals surface area contributed by atoms with E-state index in [0.717, 1.165) is 33.3 Å². The number of aryl methyl sites for hydroxylation is 1. The van der Waals surface area contributed by atoms with Gasteiger partial charge in [0.1, 0.15) is 11.4 Å². The summed E-state index contributed by atoms with van der Waals surface area (Å²) in [6.45, 7) is 4.10. The van der Waals surface area contributed by atoms with Gasteiger partial charge >= 0.3 is 0 Å². The van der Waals surface area contributed by atoms with Crippen molar-refractivity contribution in [1.82, 2.24) is 19.6 Å². The monoisotopic (exact) mass is 423 g/mol. The third kappa shape index (κ3) is 4.11. The summed E-state index contributed by atoms with van der Waals surface area (Å²) in [7, 11) is 0. The van der Waals surface area contributed by atoms with Crippen LogP contribution in [0.2, 0.25) is 5.02 Å². The van der Waals surface area contributed by atoms with Crippen molar-refractivity contribution in [1.29, 1.82) is 0 Å². The van der Waals surface area contributed by atoms with Crippen LogP contribution in [0.25, 0.3) is 5.78 Å². The highest BCUT2D eigenvalue weighted by Crippen LogP contribution is 2.32. The number of halogens is 1. The second-order valence-electron chi connectivity index (χ2n) is 6.39. The van der Waals surface area contributed by atoms with Gasteiger partial charge in [0.05, 0.1) is 0 Å². The van der Waals surface area contributed by atoms with E-state index in [-0.39, 0.29) is 5.91 Å². The molecule has 8 heteroatoms. The van der Waals surface area contributed by atoms with Crippen LogP contribution in [-0.2, 0) is 6.42 Å². The average Bonchev–Trinajstić information content (AvgIpc) is 3.18. The van der Waals surface area contributed by atoms with Crippen molar-refractivity contribution in [3.05, 3.63) is 76.7 Å². The van der Waals surface area contributed by atoms with Gasteiger partial charge < -0.3 is 5.32 Å². The van der Waals surface area contributed by atoms with Gasteiger partial charge in [-0.1, -0.05) is 30.3 Å². The zero-order chi connectivity index (χ0) is 20.4. The number of benzene rings is 2. The molecular formula is C21H18ClN5OS. The summed E-state index contributed by atoms with van der Waals surface area (Å²) in [5.74, 6) is 0.415. The molecule has 2 heterocycles. The van der Waals surface area contributed by atoms with E-state index in [4.69, 9.17) is 11.6 Å². The lowest BCUT2D eigenvalue weighted by Crippen LogP contribution is -2.11. The third-order valence-corrected chi connectivity index (χ3v) is 5.84. The number of nitrogens with one attached hydrogen (secondary N) is 1. The van der Waals surface area contributed by atoms with Crippen molar-refractivity contribution in [2.45, 2.75) is 30.2 Å². The first-order valence-electron chi connectivity index (χ1n) is 9.09. The molecule has 0 radical (unpaired) electrons. The summed E-state index contributed by atoms with van der Waals surface area (Å²) < 4.78 is 1.77. The number of nitrogens with zero attached hydrogens (tertiary/aromatic N) is 4. The van der Waals surface area contributed by atoms with Gasteiger partial charge in [0, 0.05) is 32.4 Å². The third-order valence-electron chi connectivity index (χ3n) is 4.47. The van der Waals surface area contributed by atoms with E-state index < -0.39 is 0 Å². The van der Waals surface area contributed by atoms with Gasteiger partial charge in [-0.15, -0.1) is 0 Å². The molecule has 6 nitrogen and oxygen atoms in total. The molecule has 0 saturated heterocycles. The average molecular weight is 424 g/mol. The number of aromatic nitrogens is 4. The predicted octanol–water partition coefficient (Wildman–Crippen LogP) is 5.05. The van der Waals surface area contributed by atoms with E-state index in [1.54, 1.807) is 40.5 Å². The zero-order valence-electron chi connectivity index (χ0n) is 15.9. The van der Waals surface area contributed by atoms with E-state index in [2.05, 4.69) is 27.3 Å². The second-order valence-corrected chi connectivity index (χ2v) is 7.89. The number of carbonyl (C=O) groups is 1. The van der Waals surface area contributed by atoms with Crippen LogP contribution in [0, 0.1) is 6.92 Å². The lowest BCUT2D eigenvalue weighted by Gasteiger charge is -2.12. The first-order chi connectivity index (χ1) is 14.0. The number of hydrogen-bond acceptors (Lipinski definition) is 5. The molecule has 4 aromatic rings. The van der Waals surface area contributed by atoms with Crippen LogP contribution in [0.1, 0.15) is 28.5 Å². The van der Waals surface area contributed by atoms with Gasteiger partial charge in [-0.2, -0.15) is 14.6 Å². The Bertz CT molecular complexity index is 1170. The fourth-order valence-corrected chi connectivity index (χ4v) is 4.24. The molecule has 4 rings (SSSR count). The standard InChI is InChI=1S/C21H18ClN5OS/c1-3-18-13(2)25-21-23-12-24-27(21)20(18)29-17-10-8-16(9-11-17)26-19(28)14-4-6-15(22)7-5-14/h4-12H,3H2,1-2H3,(H,26,28). The van der Waals surface area contributed by atoms with Crippen molar-refractivity contribution in [3.63, 3.8) is 0 Å². The first kappa shape index (κ1) is 19.4. The maximum atomic E-state index is 12.4. The fourth-order valence-electron chi connectivity index (χ4n) is 2.99. The molecule has 0 atom stereocenters. The van der Waals surface area contributed by atoms with Crippen LogP contribution in [-0.4, -0.2) is 25.5 Å². The van der Waals surface area contributed by atoms with Gasteiger partial charge in [-0.05, 0) is 61.9 Å². The molecule has 0 fully saturated rings. The Balaban J connectivity index is 1.55. The number of anilines is 1. The summed E-state index contributed by atoms with van der Waals surface area (Å²) in [5, 5.41) is 8.82. The maximum Gasteiger partial charge on any atom is 0.255 e. The molecule has 0 unspecified atom stereocenters. The second kappa shape index (κ2) is 8.23. The molecule has 1 N–H and O–H groups in total. The number of fused-ring (bicyclic) bond motifs is 1. The van der Waals surface area contributed by atoms with Crippen LogP contribution < -0.4 is 5.32 Å². The van der Waals surface area contributed by atoms with E-state index in [9.17, 15) is 4.79 Å². The zero-order valence-corrected chi connectivity index (χ0v) is 17.5. The molecule has 29 heavy (non-hydrogen) atoms. The quantitative estimate of drug-likeness (QED) is 0.454. The minimum absolute atomic E-state index is 0.176. The Morgan fingerprint density at radius 1 is 1.14 bits per heavy atom. The summed E-state index contributed by atoms with van der Waals surface area (Å²) in [5.41, 5.74) is 3.39. The number of rotatable bonds is 5. The Morgan fingerprint density at radius 2 is 1.86 bits per heavy atom. The van der Waals surface area contributed by atoms with E-state index >= 15 is 0 Å². The van der Waals surface area contributed by atoms with Crippen LogP contribution in [0.5, 0.6) is 0 Å². The van der Waals surface area contributed by atoms with Crippen LogP contribution in [0.3, 0.4) is 0 Å². The van der Waals surface area contributed by atoms with Crippen molar-refractivity contribution in [3.8, 4) is 0 Å². The Morgan fingerprint density at radius 3 is 2.55 bits per heavy atom. The van der Waals surface area contributed by atoms with Crippen LogP contribution in [0.15, 0.2) is 64.8 Å². The lowest BCUT2D eigenvalue weighted by molar-refractivity contribution is 0.102. The molecule has 0 spiro atoms. The molecule has 0 aliphatic carbocycles. The predicted molar refractivity (Wildman–Crippen MR) is 115 cm³/mol. The van der Waals surface area contributed by atoms with Gasteiger partial charge in [0.2, 0.25) is 0 Å². The van der Waals surface area contributed by atoms with Crippen molar-refractivity contribution in [2.75, 3.05) is 5.32 Å². The Hall–Kier alpha value is -2.90. The molecule has 2 aromatic carbocycles. The van der Waals surface area contributed by atoms with Crippen molar-refractivity contribution >= 4 is 40.7 Å². The number of carbonyl (C=O) groups excluding carboxylic acids is 1. The fraction of sp³-hybridized carbons (Fsp3) is 0.143. The molecule has 2 aromatic heterocycles. The molecule has 0 saturated carbocycles. The maximum absolute atomic E-state index is 12.4.